The van der Waals surface area contributed by atoms with E-state index in [9.17, 15) is 22.0 Å². The molecule has 0 radical (unpaired) electrons. The average molecular weight is 419 g/mol. The zero-order chi connectivity index (χ0) is 20.2. The summed E-state index contributed by atoms with van der Waals surface area (Å²) in [5, 5.41) is 2.31. The van der Waals surface area contributed by atoms with Crippen LogP contribution in [0.1, 0.15) is 5.56 Å². The van der Waals surface area contributed by atoms with Crippen LogP contribution >= 0.6 is 11.6 Å². The Hall–Kier alpha value is -2.23. The minimum atomic E-state index is -4.06. The Bertz CT molecular complexity index is 921. The molecule has 0 spiro atoms. The maximum Gasteiger partial charge on any atom is 0.387 e. The Morgan fingerprint density at radius 3 is 2.41 bits per heavy atom. The number of nitrogens with zero attached hydrogens (tertiary/aromatic N) is 1. The van der Waals surface area contributed by atoms with Crippen LogP contribution < -0.4 is 10.1 Å². The molecule has 1 N–H and O–H groups in total. The molecule has 27 heavy (non-hydrogen) atoms. The highest BCUT2D eigenvalue weighted by molar-refractivity contribution is 7.89. The predicted octanol–water partition coefficient (Wildman–Crippen LogP) is 3.51. The molecule has 0 saturated heterocycles. The quantitative estimate of drug-likeness (QED) is 0.746. The third-order valence-electron chi connectivity index (χ3n) is 3.53. The highest BCUT2D eigenvalue weighted by atomic mass is 35.5. The molecule has 6 nitrogen and oxygen atoms in total. The second-order valence-corrected chi connectivity index (χ2v) is 8.10. The molecule has 0 aliphatic carbocycles. The smallest absolute Gasteiger partial charge is 0.387 e. The second kappa shape index (κ2) is 8.64. The van der Waals surface area contributed by atoms with Crippen LogP contribution in [0.5, 0.6) is 5.75 Å². The molecule has 0 fully saturated rings. The topological polar surface area (TPSA) is 75.7 Å². The van der Waals surface area contributed by atoms with Crippen LogP contribution in [0.15, 0.2) is 47.4 Å². The van der Waals surface area contributed by atoms with Crippen molar-refractivity contribution >= 4 is 33.2 Å². The van der Waals surface area contributed by atoms with Gasteiger partial charge < -0.3 is 10.1 Å². The number of benzene rings is 2. The van der Waals surface area contributed by atoms with E-state index in [2.05, 4.69) is 10.1 Å². The zero-order valence-corrected chi connectivity index (χ0v) is 16.0. The third-order valence-corrected chi connectivity index (χ3v) is 5.62. The van der Waals surface area contributed by atoms with Crippen molar-refractivity contribution in [1.82, 2.24) is 4.31 Å². The summed E-state index contributed by atoms with van der Waals surface area (Å²) < 4.78 is 54.6. The first-order chi connectivity index (χ1) is 12.6. The molecule has 0 aliphatic rings. The molecule has 2 aromatic carbocycles. The largest absolute Gasteiger partial charge is 0.433 e. The van der Waals surface area contributed by atoms with Crippen LogP contribution in [-0.2, 0) is 14.8 Å². The molecular weight excluding hydrogens is 402 g/mol. The first kappa shape index (κ1) is 21.1. The Balaban J connectivity index is 2.09. The summed E-state index contributed by atoms with van der Waals surface area (Å²) in [4.78, 5) is 11.8. The van der Waals surface area contributed by atoms with Gasteiger partial charge in [0.25, 0.3) is 0 Å². The van der Waals surface area contributed by atoms with Crippen molar-refractivity contribution in [1.29, 1.82) is 0 Å². The molecule has 146 valence electrons. The summed E-state index contributed by atoms with van der Waals surface area (Å²) in [6.45, 7) is -1.63. The standard InChI is InChI=1S/C17H17ClF2N2O4S/c1-11-3-5-12(6-4-11)21-16(23)10-22(2)27(24,25)13-7-8-15(14(18)9-13)26-17(19)20/h3-9,17H,10H2,1-2H3,(H,21,23). The number of carbonyl (C=O) groups is 1. The zero-order valence-electron chi connectivity index (χ0n) is 14.4. The molecule has 0 aliphatic heterocycles. The normalized spacial score (nSPS) is 11.7. The minimum absolute atomic E-state index is 0.250. The first-order valence-corrected chi connectivity index (χ1v) is 9.48. The van der Waals surface area contributed by atoms with E-state index in [1.54, 1.807) is 24.3 Å². The summed E-state index contributed by atoms with van der Waals surface area (Å²) in [5.74, 6) is -0.876. The lowest BCUT2D eigenvalue weighted by Gasteiger charge is -2.17. The maximum atomic E-state index is 12.5. The fourth-order valence-electron chi connectivity index (χ4n) is 2.14. The second-order valence-electron chi connectivity index (χ2n) is 5.65. The molecule has 2 aromatic rings. The van der Waals surface area contributed by atoms with Crippen molar-refractivity contribution < 1.29 is 26.7 Å². The number of aryl methyl sites for hydroxylation is 1. The van der Waals surface area contributed by atoms with E-state index in [1.807, 2.05) is 6.92 Å². The van der Waals surface area contributed by atoms with E-state index in [0.717, 1.165) is 28.1 Å². The van der Waals surface area contributed by atoms with E-state index < -0.39 is 29.1 Å². The molecule has 0 saturated carbocycles. The van der Waals surface area contributed by atoms with E-state index in [1.165, 1.54) is 7.05 Å². The third kappa shape index (κ3) is 5.62. The Morgan fingerprint density at radius 2 is 1.85 bits per heavy atom. The van der Waals surface area contributed by atoms with Crippen molar-refractivity contribution in [2.75, 3.05) is 18.9 Å². The predicted molar refractivity (Wildman–Crippen MR) is 97.7 cm³/mol. The number of hydrogen-bond acceptors (Lipinski definition) is 4. The fraction of sp³-hybridized carbons (Fsp3) is 0.235. The van der Waals surface area contributed by atoms with Crippen LogP contribution in [0.4, 0.5) is 14.5 Å². The number of rotatable bonds is 7. The Morgan fingerprint density at radius 1 is 1.22 bits per heavy atom. The Labute approximate surface area is 160 Å². The average Bonchev–Trinajstić information content (AvgIpc) is 2.58. The van der Waals surface area contributed by atoms with Crippen LogP contribution in [0.3, 0.4) is 0 Å². The van der Waals surface area contributed by atoms with Gasteiger partial charge in [0.2, 0.25) is 15.9 Å². The number of anilines is 1. The number of nitrogens with one attached hydrogen (secondary N) is 1. The molecule has 0 bridgehead atoms. The van der Waals surface area contributed by atoms with Gasteiger partial charge in [-0.3, -0.25) is 4.79 Å². The summed E-state index contributed by atoms with van der Waals surface area (Å²) in [7, 11) is -2.83. The number of carbonyl (C=O) groups excluding carboxylic acids is 1. The minimum Gasteiger partial charge on any atom is -0.433 e. The van der Waals surface area contributed by atoms with Gasteiger partial charge in [-0.25, -0.2) is 8.42 Å². The maximum absolute atomic E-state index is 12.5. The lowest BCUT2D eigenvalue weighted by molar-refractivity contribution is -0.116. The summed E-state index contributed by atoms with van der Waals surface area (Å²) >= 11 is 5.79. The lowest BCUT2D eigenvalue weighted by Crippen LogP contribution is -2.35. The van der Waals surface area contributed by atoms with Gasteiger partial charge in [-0.2, -0.15) is 13.1 Å². The summed E-state index contributed by atoms with van der Waals surface area (Å²) in [6, 6.07) is 10.1. The number of likely N-dealkylation sites (N-methyl/N-ethyl adjacent to an activating group) is 1. The van der Waals surface area contributed by atoms with Gasteiger partial charge in [0.15, 0.2) is 0 Å². The van der Waals surface area contributed by atoms with Crippen molar-refractivity contribution in [2.45, 2.75) is 18.4 Å². The number of halogens is 3. The van der Waals surface area contributed by atoms with E-state index in [0.29, 0.717) is 5.69 Å². The van der Waals surface area contributed by atoms with Crippen molar-refractivity contribution in [3.63, 3.8) is 0 Å². The molecule has 10 heteroatoms. The van der Waals surface area contributed by atoms with Crippen LogP contribution in [0.25, 0.3) is 0 Å². The molecule has 0 heterocycles. The molecule has 2 rings (SSSR count). The number of alkyl halides is 2. The highest BCUT2D eigenvalue weighted by Gasteiger charge is 2.24. The monoisotopic (exact) mass is 418 g/mol. The highest BCUT2D eigenvalue weighted by Crippen LogP contribution is 2.29. The van der Waals surface area contributed by atoms with Crippen molar-refractivity contribution in [2.24, 2.45) is 0 Å². The molecule has 0 aromatic heterocycles. The fourth-order valence-corrected chi connectivity index (χ4v) is 3.58. The molecule has 1 amide bonds. The van der Waals surface area contributed by atoms with E-state index in [-0.39, 0.29) is 15.7 Å². The number of sulfonamides is 1. The number of hydrogen-bond donors (Lipinski definition) is 1. The van der Waals surface area contributed by atoms with Crippen LogP contribution in [-0.4, -0.2) is 38.8 Å². The van der Waals surface area contributed by atoms with Gasteiger partial charge >= 0.3 is 6.61 Å². The van der Waals surface area contributed by atoms with Crippen LogP contribution in [0.2, 0.25) is 5.02 Å². The SMILES string of the molecule is Cc1ccc(NC(=O)CN(C)S(=O)(=O)c2ccc(OC(F)F)c(Cl)c2)cc1. The summed E-state index contributed by atoms with van der Waals surface area (Å²) in [6.07, 6.45) is 0. The number of ether oxygens (including phenoxy) is 1. The van der Waals surface area contributed by atoms with Crippen molar-refractivity contribution in [3.8, 4) is 5.75 Å². The van der Waals surface area contributed by atoms with Crippen LogP contribution in [0, 0.1) is 6.92 Å². The van der Waals surface area contributed by atoms with E-state index in [4.69, 9.17) is 11.6 Å². The first-order valence-electron chi connectivity index (χ1n) is 7.67. The van der Waals surface area contributed by atoms with Gasteiger partial charge in [0.05, 0.1) is 16.5 Å². The lowest BCUT2D eigenvalue weighted by atomic mass is 10.2. The molecular formula is C17H17ClF2N2O4S. The van der Waals surface area contributed by atoms with Gasteiger partial charge in [-0.15, -0.1) is 0 Å². The number of amides is 1. The van der Waals surface area contributed by atoms with Gasteiger partial charge in [0, 0.05) is 12.7 Å². The van der Waals surface area contributed by atoms with Crippen molar-refractivity contribution in [3.05, 3.63) is 53.1 Å². The molecule has 0 unspecified atom stereocenters. The van der Waals surface area contributed by atoms with Gasteiger partial charge in [-0.05, 0) is 37.3 Å². The van der Waals surface area contributed by atoms with E-state index >= 15 is 0 Å². The van der Waals surface area contributed by atoms with Gasteiger partial charge in [0.1, 0.15) is 5.75 Å². The summed E-state index contributed by atoms with van der Waals surface area (Å²) in [5.41, 5.74) is 1.55. The molecule has 0 atom stereocenters. The Kier molecular flexibility index (Phi) is 6.74. The van der Waals surface area contributed by atoms with Gasteiger partial charge in [-0.1, -0.05) is 29.3 Å².